The first kappa shape index (κ1) is 20.6. The summed E-state index contributed by atoms with van der Waals surface area (Å²) in [5.41, 5.74) is 0.803. The van der Waals surface area contributed by atoms with E-state index in [0.717, 1.165) is 18.9 Å². The molecular weight excluding hydrogens is 400 g/mol. The molecule has 0 bridgehead atoms. The molecule has 0 radical (unpaired) electrons. The SMILES string of the molecule is O=C(O)c1ccc(NC(=O)C2CCCCC2CN2C(=O)c3ccccc3C2=O)c(O)c1. The van der Waals surface area contributed by atoms with E-state index in [4.69, 9.17) is 5.11 Å². The van der Waals surface area contributed by atoms with E-state index in [9.17, 15) is 24.3 Å². The van der Waals surface area contributed by atoms with Crippen LogP contribution in [0, 0.1) is 11.8 Å². The molecule has 1 saturated carbocycles. The maximum atomic E-state index is 13.0. The monoisotopic (exact) mass is 422 g/mol. The smallest absolute Gasteiger partial charge is 0.335 e. The molecule has 2 aromatic carbocycles. The number of carbonyl (C=O) groups is 4. The fourth-order valence-electron chi connectivity index (χ4n) is 4.41. The summed E-state index contributed by atoms with van der Waals surface area (Å²) in [6.45, 7) is 0.161. The van der Waals surface area contributed by atoms with Gasteiger partial charge >= 0.3 is 5.97 Å². The van der Waals surface area contributed by atoms with Crippen molar-refractivity contribution in [3.05, 3.63) is 59.2 Å². The highest BCUT2D eigenvalue weighted by molar-refractivity contribution is 6.21. The largest absolute Gasteiger partial charge is 0.506 e. The van der Waals surface area contributed by atoms with Crippen LogP contribution in [0.4, 0.5) is 5.69 Å². The first-order valence-electron chi connectivity index (χ1n) is 10.2. The first-order chi connectivity index (χ1) is 14.9. The summed E-state index contributed by atoms with van der Waals surface area (Å²) in [6, 6.07) is 10.4. The Morgan fingerprint density at radius 1 is 1.00 bits per heavy atom. The zero-order chi connectivity index (χ0) is 22.1. The van der Waals surface area contributed by atoms with E-state index < -0.39 is 11.9 Å². The van der Waals surface area contributed by atoms with Crippen LogP contribution in [0.25, 0.3) is 0 Å². The number of aromatic hydroxyl groups is 1. The number of anilines is 1. The number of carbonyl (C=O) groups excluding carboxylic acids is 3. The van der Waals surface area contributed by atoms with Crippen molar-refractivity contribution in [3.63, 3.8) is 0 Å². The number of aromatic carboxylic acids is 1. The molecule has 3 amide bonds. The molecule has 2 unspecified atom stereocenters. The Labute approximate surface area is 178 Å². The lowest BCUT2D eigenvalue weighted by molar-refractivity contribution is -0.122. The van der Waals surface area contributed by atoms with Gasteiger partial charge in [0.05, 0.1) is 22.4 Å². The zero-order valence-corrected chi connectivity index (χ0v) is 16.7. The van der Waals surface area contributed by atoms with Crippen LogP contribution in [0.5, 0.6) is 5.75 Å². The molecule has 1 aliphatic heterocycles. The molecule has 2 aliphatic rings. The van der Waals surface area contributed by atoms with Crippen molar-refractivity contribution < 1.29 is 29.4 Å². The van der Waals surface area contributed by atoms with Crippen LogP contribution in [0.1, 0.15) is 56.8 Å². The predicted octanol–water partition coefficient (Wildman–Crippen LogP) is 3.13. The molecule has 0 aromatic heterocycles. The van der Waals surface area contributed by atoms with Gasteiger partial charge in [0, 0.05) is 12.5 Å². The van der Waals surface area contributed by atoms with E-state index in [0.29, 0.717) is 24.0 Å². The molecule has 0 saturated heterocycles. The van der Waals surface area contributed by atoms with Crippen molar-refractivity contribution in [1.29, 1.82) is 0 Å². The van der Waals surface area contributed by atoms with E-state index in [1.807, 2.05) is 0 Å². The van der Waals surface area contributed by atoms with Crippen LogP contribution in [-0.2, 0) is 4.79 Å². The predicted molar refractivity (Wildman–Crippen MR) is 111 cm³/mol. The lowest BCUT2D eigenvalue weighted by Gasteiger charge is -2.32. The third kappa shape index (κ3) is 3.88. The van der Waals surface area contributed by atoms with Crippen LogP contribution in [0.15, 0.2) is 42.5 Å². The van der Waals surface area contributed by atoms with Crippen LogP contribution in [0.3, 0.4) is 0 Å². The Balaban J connectivity index is 1.49. The molecule has 3 N–H and O–H groups in total. The minimum absolute atomic E-state index is 0.0864. The molecule has 2 aromatic rings. The van der Waals surface area contributed by atoms with Crippen molar-refractivity contribution in [1.82, 2.24) is 4.90 Å². The van der Waals surface area contributed by atoms with Crippen molar-refractivity contribution >= 4 is 29.4 Å². The number of imide groups is 1. The van der Waals surface area contributed by atoms with E-state index in [1.165, 1.54) is 17.0 Å². The summed E-state index contributed by atoms with van der Waals surface area (Å²) in [6.07, 6.45) is 3.06. The Bertz CT molecular complexity index is 1040. The average Bonchev–Trinajstić information content (AvgIpc) is 3.00. The van der Waals surface area contributed by atoms with Crippen LogP contribution >= 0.6 is 0 Å². The number of amides is 3. The second kappa shape index (κ2) is 8.22. The number of hydrogen-bond acceptors (Lipinski definition) is 5. The van der Waals surface area contributed by atoms with Gasteiger partial charge in [-0.25, -0.2) is 4.79 Å². The van der Waals surface area contributed by atoms with Gasteiger partial charge in [0.25, 0.3) is 11.8 Å². The highest BCUT2D eigenvalue weighted by Crippen LogP contribution is 2.35. The molecule has 1 fully saturated rings. The van der Waals surface area contributed by atoms with Crippen LogP contribution in [-0.4, -0.2) is 45.3 Å². The normalized spacial score (nSPS) is 20.5. The van der Waals surface area contributed by atoms with Gasteiger partial charge in [-0.1, -0.05) is 25.0 Å². The van der Waals surface area contributed by atoms with Crippen LogP contribution in [0.2, 0.25) is 0 Å². The van der Waals surface area contributed by atoms with E-state index in [2.05, 4.69) is 5.32 Å². The van der Waals surface area contributed by atoms with Gasteiger partial charge in [-0.15, -0.1) is 0 Å². The summed E-state index contributed by atoms with van der Waals surface area (Å²) >= 11 is 0. The van der Waals surface area contributed by atoms with E-state index in [1.54, 1.807) is 24.3 Å². The highest BCUT2D eigenvalue weighted by Gasteiger charge is 2.40. The number of hydrogen-bond donors (Lipinski definition) is 3. The summed E-state index contributed by atoms with van der Waals surface area (Å²) in [5.74, 6) is -3.14. The molecule has 8 nitrogen and oxygen atoms in total. The number of rotatable bonds is 5. The number of phenols is 1. The Morgan fingerprint density at radius 3 is 2.26 bits per heavy atom. The van der Waals surface area contributed by atoms with Gasteiger partial charge in [-0.2, -0.15) is 0 Å². The molecular formula is C23H22N2O6. The average molecular weight is 422 g/mol. The van der Waals surface area contributed by atoms with Gasteiger partial charge in [-0.3, -0.25) is 19.3 Å². The molecule has 8 heteroatoms. The van der Waals surface area contributed by atoms with Crippen molar-refractivity contribution in [2.24, 2.45) is 11.8 Å². The minimum Gasteiger partial charge on any atom is -0.506 e. The first-order valence-corrected chi connectivity index (χ1v) is 10.2. The maximum Gasteiger partial charge on any atom is 0.335 e. The summed E-state index contributed by atoms with van der Waals surface area (Å²) < 4.78 is 0. The standard InChI is InChI=1S/C23H22N2O6/c26-19-11-13(23(30)31)9-10-18(19)24-20(27)15-6-2-1-5-14(15)12-25-21(28)16-7-3-4-8-17(16)22(25)29/h3-4,7-11,14-15,26H,1-2,5-6,12H2,(H,24,27)(H,30,31). The number of benzene rings is 2. The number of fused-ring (bicyclic) bond motifs is 1. The molecule has 4 rings (SSSR count). The summed E-state index contributed by atoms with van der Waals surface area (Å²) in [4.78, 5) is 50.6. The maximum absolute atomic E-state index is 13.0. The van der Waals surface area contributed by atoms with Crippen molar-refractivity contribution in [2.75, 3.05) is 11.9 Å². The fraction of sp³-hybridized carbons (Fsp3) is 0.304. The van der Waals surface area contributed by atoms with Gasteiger partial charge in [0.15, 0.2) is 0 Å². The van der Waals surface area contributed by atoms with Gasteiger partial charge in [0.2, 0.25) is 5.91 Å². The van der Waals surface area contributed by atoms with Crippen molar-refractivity contribution in [3.8, 4) is 5.75 Å². The van der Waals surface area contributed by atoms with Gasteiger partial charge in [0.1, 0.15) is 5.75 Å². The van der Waals surface area contributed by atoms with Crippen molar-refractivity contribution in [2.45, 2.75) is 25.7 Å². The Kier molecular flexibility index (Phi) is 5.46. The molecule has 160 valence electrons. The third-order valence-corrected chi connectivity index (χ3v) is 6.04. The third-order valence-electron chi connectivity index (χ3n) is 6.04. The summed E-state index contributed by atoms with van der Waals surface area (Å²) in [5, 5.41) is 21.8. The van der Waals surface area contributed by atoms with Gasteiger partial charge < -0.3 is 15.5 Å². The van der Waals surface area contributed by atoms with E-state index >= 15 is 0 Å². The fourth-order valence-corrected chi connectivity index (χ4v) is 4.41. The van der Waals surface area contributed by atoms with Gasteiger partial charge in [-0.05, 0) is 49.1 Å². The molecule has 1 aliphatic carbocycles. The molecule has 1 heterocycles. The Hall–Kier alpha value is -3.68. The highest BCUT2D eigenvalue weighted by atomic mass is 16.4. The molecule has 0 spiro atoms. The number of phenolic OH excluding ortho intramolecular Hbond substituents is 1. The topological polar surface area (TPSA) is 124 Å². The lowest BCUT2D eigenvalue weighted by Crippen LogP contribution is -2.41. The number of nitrogens with zero attached hydrogens (tertiary/aromatic N) is 1. The second-order valence-electron chi connectivity index (χ2n) is 7.94. The molecule has 31 heavy (non-hydrogen) atoms. The number of nitrogens with one attached hydrogen (secondary N) is 1. The van der Waals surface area contributed by atoms with Crippen LogP contribution < -0.4 is 5.32 Å². The number of carboxylic acids is 1. The minimum atomic E-state index is -1.18. The number of carboxylic acid groups (broad SMARTS) is 1. The Morgan fingerprint density at radius 2 is 1.65 bits per heavy atom. The van der Waals surface area contributed by atoms with E-state index in [-0.39, 0.29) is 47.2 Å². The quantitative estimate of drug-likeness (QED) is 0.502. The zero-order valence-electron chi connectivity index (χ0n) is 16.7. The summed E-state index contributed by atoms with van der Waals surface area (Å²) in [7, 11) is 0. The second-order valence-corrected chi connectivity index (χ2v) is 7.94. The lowest BCUT2D eigenvalue weighted by atomic mass is 9.78. The molecule has 2 atom stereocenters.